The van der Waals surface area contributed by atoms with Crippen LogP contribution in [0.4, 0.5) is 0 Å². The number of carbonyl (C=O) groups excluding carboxylic acids is 2. The van der Waals surface area contributed by atoms with E-state index in [1.807, 2.05) is 36.4 Å². The maximum absolute atomic E-state index is 12.4. The summed E-state index contributed by atoms with van der Waals surface area (Å²) in [6.07, 6.45) is 3.63. The molecule has 1 unspecified atom stereocenters. The lowest BCUT2D eigenvalue weighted by Crippen LogP contribution is -2.47. The monoisotopic (exact) mass is 408 g/mol. The number of carbonyl (C=O) groups is 2. The number of halogens is 1. The smallest absolute Gasteiger partial charge is 0.260 e. The Hall–Kier alpha value is -3.22. The lowest BCUT2D eigenvalue weighted by atomic mass is 10.0. The normalized spacial score (nSPS) is 11.5. The summed E-state index contributed by atoms with van der Waals surface area (Å²) in [5, 5.41) is 3.51. The van der Waals surface area contributed by atoms with Crippen molar-refractivity contribution in [1.82, 2.24) is 21.2 Å². The molecule has 3 N–H and O–H groups in total. The maximum atomic E-state index is 12.4. The lowest BCUT2D eigenvalue weighted by Gasteiger charge is -2.17. The molecule has 7 heteroatoms. The molecule has 1 aromatic heterocycles. The van der Waals surface area contributed by atoms with Crippen molar-refractivity contribution in [2.24, 2.45) is 0 Å². The molecule has 0 aliphatic rings. The van der Waals surface area contributed by atoms with Gasteiger partial charge >= 0.3 is 0 Å². The van der Waals surface area contributed by atoms with Gasteiger partial charge in [0.2, 0.25) is 5.91 Å². The van der Waals surface area contributed by atoms with E-state index in [1.54, 1.807) is 43.7 Å². The Morgan fingerprint density at radius 2 is 1.52 bits per heavy atom. The molecule has 6 nitrogen and oxygen atoms in total. The van der Waals surface area contributed by atoms with Crippen molar-refractivity contribution >= 4 is 23.4 Å². The highest BCUT2D eigenvalue weighted by Crippen LogP contribution is 2.19. The molecule has 1 heterocycles. The Balaban J connectivity index is 1.53. The van der Waals surface area contributed by atoms with Crippen LogP contribution in [0.15, 0.2) is 73.1 Å². The topological polar surface area (TPSA) is 83.1 Å². The van der Waals surface area contributed by atoms with Gasteiger partial charge in [-0.1, -0.05) is 48.0 Å². The molecule has 29 heavy (non-hydrogen) atoms. The molecule has 0 saturated carbocycles. The zero-order valence-electron chi connectivity index (χ0n) is 15.9. The van der Waals surface area contributed by atoms with Gasteiger partial charge in [-0.2, -0.15) is 0 Å². The highest BCUT2D eigenvalue weighted by Gasteiger charge is 2.19. The van der Waals surface area contributed by atoms with Gasteiger partial charge in [-0.25, -0.2) is 0 Å². The summed E-state index contributed by atoms with van der Waals surface area (Å²) in [5.74, 6) is -0.669. The molecule has 0 aliphatic heterocycles. The van der Waals surface area contributed by atoms with Crippen LogP contribution in [-0.4, -0.2) is 23.8 Å². The highest BCUT2D eigenvalue weighted by atomic mass is 35.5. The largest absolute Gasteiger partial charge is 0.305 e. The zero-order valence-corrected chi connectivity index (χ0v) is 16.6. The van der Waals surface area contributed by atoms with E-state index in [0.717, 1.165) is 22.3 Å². The number of hydrazine groups is 1. The van der Waals surface area contributed by atoms with E-state index in [1.165, 1.54) is 0 Å². The summed E-state index contributed by atoms with van der Waals surface area (Å²) in [7, 11) is 1.67. The summed E-state index contributed by atoms with van der Waals surface area (Å²) in [5.41, 5.74) is 8.62. The molecule has 0 bridgehead atoms. The summed E-state index contributed by atoms with van der Waals surface area (Å²) >= 11 is 5.88. The van der Waals surface area contributed by atoms with Gasteiger partial charge in [-0.05, 0) is 53.6 Å². The van der Waals surface area contributed by atoms with Gasteiger partial charge in [-0.3, -0.25) is 25.4 Å². The van der Waals surface area contributed by atoms with Crippen LogP contribution < -0.4 is 16.2 Å². The Morgan fingerprint density at radius 3 is 2.14 bits per heavy atom. The van der Waals surface area contributed by atoms with Gasteiger partial charge < -0.3 is 5.32 Å². The summed E-state index contributed by atoms with van der Waals surface area (Å²) in [4.78, 5) is 28.6. The van der Waals surface area contributed by atoms with E-state index in [4.69, 9.17) is 11.6 Å². The van der Waals surface area contributed by atoms with Gasteiger partial charge in [0.05, 0.1) is 6.42 Å². The number of aromatic nitrogens is 1. The average Bonchev–Trinajstić information content (AvgIpc) is 2.75. The Labute approximate surface area is 174 Å². The van der Waals surface area contributed by atoms with Crippen LogP contribution in [0.2, 0.25) is 5.02 Å². The van der Waals surface area contributed by atoms with E-state index in [0.29, 0.717) is 5.02 Å². The quantitative estimate of drug-likeness (QED) is 0.547. The molecule has 0 aliphatic carbocycles. The predicted octanol–water partition coefficient (Wildman–Crippen LogP) is 3.05. The van der Waals surface area contributed by atoms with Gasteiger partial charge in [0, 0.05) is 17.4 Å². The zero-order chi connectivity index (χ0) is 20.6. The fourth-order valence-corrected chi connectivity index (χ4v) is 3.02. The van der Waals surface area contributed by atoms with Crippen LogP contribution >= 0.6 is 11.6 Å². The minimum absolute atomic E-state index is 0.155. The van der Waals surface area contributed by atoms with E-state index in [9.17, 15) is 9.59 Å². The van der Waals surface area contributed by atoms with E-state index >= 15 is 0 Å². The second kappa shape index (κ2) is 9.82. The molecule has 3 aromatic rings. The van der Waals surface area contributed by atoms with Crippen LogP contribution in [0, 0.1) is 0 Å². The number of likely N-dealkylation sites (N-methyl/N-ethyl adjacent to an activating group) is 1. The third-order valence-corrected chi connectivity index (χ3v) is 4.66. The standard InChI is InChI=1S/C22H21ClN4O2/c1-24-21(18-6-8-19(23)9-7-18)22(29)27-26-20(28)14-15-2-4-16(5-3-15)17-10-12-25-13-11-17/h2-13,21,24H,14H2,1H3,(H,26,28)(H,27,29). The third kappa shape index (κ3) is 5.63. The molecule has 2 aromatic carbocycles. The van der Waals surface area contributed by atoms with Gasteiger partial charge in [-0.15, -0.1) is 0 Å². The Kier molecular flexibility index (Phi) is 6.94. The second-order valence-corrected chi connectivity index (χ2v) is 6.86. The Bertz CT molecular complexity index is 960. The van der Waals surface area contributed by atoms with Crippen molar-refractivity contribution in [3.8, 4) is 11.1 Å². The molecule has 0 fully saturated rings. The first-order valence-electron chi connectivity index (χ1n) is 9.07. The number of benzene rings is 2. The third-order valence-electron chi connectivity index (χ3n) is 4.41. The van der Waals surface area contributed by atoms with E-state index in [2.05, 4.69) is 21.2 Å². The molecule has 0 spiro atoms. The summed E-state index contributed by atoms with van der Waals surface area (Å²) in [6.45, 7) is 0. The van der Waals surface area contributed by atoms with Crippen molar-refractivity contribution in [1.29, 1.82) is 0 Å². The van der Waals surface area contributed by atoms with E-state index in [-0.39, 0.29) is 18.2 Å². The molecule has 148 valence electrons. The average molecular weight is 409 g/mol. The highest BCUT2D eigenvalue weighted by molar-refractivity contribution is 6.30. The number of nitrogens with zero attached hydrogens (tertiary/aromatic N) is 1. The first-order valence-corrected chi connectivity index (χ1v) is 9.45. The lowest BCUT2D eigenvalue weighted by molar-refractivity contribution is -0.129. The second-order valence-electron chi connectivity index (χ2n) is 6.42. The van der Waals surface area contributed by atoms with Crippen molar-refractivity contribution in [3.63, 3.8) is 0 Å². The molecular formula is C22H21ClN4O2. The van der Waals surface area contributed by atoms with Crippen LogP contribution in [0.5, 0.6) is 0 Å². The minimum Gasteiger partial charge on any atom is -0.305 e. The van der Waals surface area contributed by atoms with Crippen molar-refractivity contribution in [3.05, 3.63) is 89.2 Å². The van der Waals surface area contributed by atoms with Crippen LogP contribution in [-0.2, 0) is 16.0 Å². The first-order chi connectivity index (χ1) is 14.1. The van der Waals surface area contributed by atoms with Crippen molar-refractivity contribution in [2.75, 3.05) is 7.05 Å². The SMILES string of the molecule is CNC(C(=O)NNC(=O)Cc1ccc(-c2ccncc2)cc1)c1ccc(Cl)cc1. The molecule has 1 atom stereocenters. The van der Waals surface area contributed by atoms with Crippen molar-refractivity contribution < 1.29 is 9.59 Å². The fraction of sp³-hybridized carbons (Fsp3) is 0.136. The number of rotatable bonds is 6. The maximum Gasteiger partial charge on any atom is 0.260 e. The van der Waals surface area contributed by atoms with Gasteiger partial charge in [0.25, 0.3) is 5.91 Å². The summed E-state index contributed by atoms with van der Waals surface area (Å²) in [6, 6.07) is 17.9. The van der Waals surface area contributed by atoms with Gasteiger partial charge in [0.15, 0.2) is 0 Å². The van der Waals surface area contributed by atoms with E-state index < -0.39 is 6.04 Å². The Morgan fingerprint density at radius 1 is 0.897 bits per heavy atom. The predicted molar refractivity (Wildman–Crippen MR) is 113 cm³/mol. The minimum atomic E-state index is -0.604. The number of nitrogens with one attached hydrogen (secondary N) is 3. The van der Waals surface area contributed by atoms with Crippen LogP contribution in [0.25, 0.3) is 11.1 Å². The fourth-order valence-electron chi connectivity index (χ4n) is 2.90. The molecule has 0 radical (unpaired) electrons. The van der Waals surface area contributed by atoms with Crippen LogP contribution in [0.1, 0.15) is 17.2 Å². The molecule has 3 rings (SSSR count). The van der Waals surface area contributed by atoms with Gasteiger partial charge in [0.1, 0.15) is 6.04 Å². The number of hydrogen-bond donors (Lipinski definition) is 3. The summed E-state index contributed by atoms with van der Waals surface area (Å²) < 4.78 is 0. The molecule has 0 saturated heterocycles. The first kappa shape index (κ1) is 20.5. The molecule has 2 amide bonds. The molecular weight excluding hydrogens is 388 g/mol. The van der Waals surface area contributed by atoms with Crippen molar-refractivity contribution in [2.45, 2.75) is 12.5 Å². The number of amides is 2. The number of pyridine rings is 1. The number of hydrogen-bond acceptors (Lipinski definition) is 4. The van der Waals surface area contributed by atoms with Crippen LogP contribution in [0.3, 0.4) is 0 Å².